The monoisotopic (exact) mass is 313 g/mol. The summed E-state index contributed by atoms with van der Waals surface area (Å²) in [5, 5.41) is 2.97. The quantitative estimate of drug-likeness (QED) is 0.871. The van der Waals surface area contributed by atoms with Crippen LogP contribution in [0.4, 0.5) is 5.82 Å². The summed E-state index contributed by atoms with van der Waals surface area (Å²) in [5.74, 6) is 0.0188. The lowest BCUT2D eigenvalue weighted by Crippen LogP contribution is -2.51. The lowest BCUT2D eigenvalue weighted by atomic mass is 9.94. The number of hydrogen-bond donors (Lipinski definition) is 2. The summed E-state index contributed by atoms with van der Waals surface area (Å²) in [7, 11) is 0. The average molecular weight is 314 g/mol. The summed E-state index contributed by atoms with van der Waals surface area (Å²) in [5.41, 5.74) is 5.77. The third kappa shape index (κ3) is 3.00. The molecule has 98 valence electrons. The van der Waals surface area contributed by atoms with E-state index in [0.29, 0.717) is 12.2 Å². The molecule has 1 fully saturated rings. The molecule has 0 aliphatic carbocycles. The topological polar surface area (TPSA) is 77.2 Å². The number of halogens is 1. The van der Waals surface area contributed by atoms with Crippen molar-refractivity contribution in [3.63, 3.8) is 0 Å². The van der Waals surface area contributed by atoms with Crippen molar-refractivity contribution < 1.29 is 9.53 Å². The number of hydrogen-bond acceptors (Lipinski definition) is 4. The molecule has 0 spiro atoms. The van der Waals surface area contributed by atoms with E-state index in [1.54, 1.807) is 12.3 Å². The lowest BCUT2D eigenvalue weighted by Gasteiger charge is -2.34. The van der Waals surface area contributed by atoms with Crippen LogP contribution >= 0.6 is 15.9 Å². The summed E-state index contributed by atoms with van der Waals surface area (Å²) in [4.78, 5) is 16.1. The van der Waals surface area contributed by atoms with Crippen LogP contribution in [-0.4, -0.2) is 29.6 Å². The van der Waals surface area contributed by atoms with E-state index in [1.807, 2.05) is 6.92 Å². The lowest BCUT2D eigenvalue weighted by molar-refractivity contribution is 0.0273. The molecule has 1 amide bonds. The highest BCUT2D eigenvalue weighted by atomic mass is 79.9. The molecule has 0 saturated carbocycles. The van der Waals surface area contributed by atoms with E-state index in [-0.39, 0.29) is 17.3 Å². The van der Waals surface area contributed by atoms with Crippen LogP contribution in [0, 0.1) is 0 Å². The second-order valence-corrected chi connectivity index (χ2v) is 5.67. The Labute approximate surface area is 114 Å². The predicted molar refractivity (Wildman–Crippen MR) is 72.3 cm³/mol. The van der Waals surface area contributed by atoms with E-state index in [0.717, 1.165) is 23.9 Å². The van der Waals surface area contributed by atoms with Crippen molar-refractivity contribution in [2.24, 2.45) is 0 Å². The van der Waals surface area contributed by atoms with Crippen LogP contribution in [0.2, 0.25) is 0 Å². The maximum atomic E-state index is 12.2. The highest BCUT2D eigenvalue weighted by Gasteiger charge is 2.30. The average Bonchev–Trinajstić information content (AvgIpc) is 2.32. The Bertz CT molecular complexity index is 459. The molecule has 0 radical (unpaired) electrons. The fourth-order valence-electron chi connectivity index (χ4n) is 2.01. The fraction of sp³-hybridized carbons (Fsp3) is 0.500. The zero-order valence-electron chi connectivity index (χ0n) is 10.2. The van der Waals surface area contributed by atoms with Gasteiger partial charge in [0.2, 0.25) is 0 Å². The first kappa shape index (κ1) is 13.3. The number of pyridine rings is 1. The number of carbonyl (C=O) groups excluding carboxylic acids is 1. The van der Waals surface area contributed by atoms with E-state index in [4.69, 9.17) is 10.5 Å². The molecule has 2 heterocycles. The van der Waals surface area contributed by atoms with Crippen LogP contribution in [0.5, 0.6) is 0 Å². The van der Waals surface area contributed by atoms with Gasteiger partial charge in [0.15, 0.2) is 0 Å². The number of nitrogens with two attached hydrogens (primary N) is 1. The number of amides is 1. The molecule has 1 unspecified atom stereocenters. The Morgan fingerprint density at radius 3 is 3.11 bits per heavy atom. The molecule has 1 aromatic heterocycles. The number of rotatable bonds is 2. The summed E-state index contributed by atoms with van der Waals surface area (Å²) >= 11 is 3.28. The summed E-state index contributed by atoms with van der Waals surface area (Å²) < 4.78 is 6.13. The number of ether oxygens (including phenoxy) is 1. The number of nitrogens with one attached hydrogen (secondary N) is 1. The van der Waals surface area contributed by atoms with Crippen molar-refractivity contribution >= 4 is 27.7 Å². The minimum absolute atomic E-state index is 0.214. The SMILES string of the molecule is CC1(NC(=O)c2cc(Br)cnc2N)CCCOC1. The highest BCUT2D eigenvalue weighted by molar-refractivity contribution is 9.10. The molecule has 18 heavy (non-hydrogen) atoms. The Morgan fingerprint density at radius 1 is 1.67 bits per heavy atom. The second-order valence-electron chi connectivity index (χ2n) is 4.76. The molecule has 0 bridgehead atoms. The molecule has 5 nitrogen and oxygen atoms in total. The Balaban J connectivity index is 2.14. The van der Waals surface area contributed by atoms with Gasteiger partial charge in [0.1, 0.15) is 5.82 Å². The van der Waals surface area contributed by atoms with E-state index < -0.39 is 0 Å². The minimum Gasteiger partial charge on any atom is -0.383 e. The van der Waals surface area contributed by atoms with Crippen LogP contribution in [-0.2, 0) is 4.74 Å². The third-order valence-corrected chi connectivity index (χ3v) is 3.42. The normalized spacial score (nSPS) is 23.7. The largest absolute Gasteiger partial charge is 0.383 e. The number of aromatic nitrogens is 1. The van der Waals surface area contributed by atoms with Gasteiger partial charge in [-0.05, 0) is 41.8 Å². The van der Waals surface area contributed by atoms with E-state index in [2.05, 4.69) is 26.2 Å². The van der Waals surface area contributed by atoms with Crippen LogP contribution < -0.4 is 11.1 Å². The minimum atomic E-state index is -0.329. The zero-order valence-corrected chi connectivity index (χ0v) is 11.8. The summed E-state index contributed by atoms with van der Waals surface area (Å²) in [6.07, 6.45) is 3.42. The molecule has 2 rings (SSSR count). The van der Waals surface area contributed by atoms with Crippen LogP contribution in [0.15, 0.2) is 16.7 Å². The first-order valence-electron chi connectivity index (χ1n) is 5.81. The molecule has 3 N–H and O–H groups in total. The standard InChI is InChI=1S/C12H16BrN3O2/c1-12(3-2-4-18-7-12)16-11(17)9-5-8(13)6-15-10(9)14/h5-6H,2-4,7H2,1H3,(H2,14,15)(H,16,17). The van der Waals surface area contributed by atoms with Crippen molar-refractivity contribution in [1.29, 1.82) is 0 Å². The molecule has 0 aromatic carbocycles. The number of anilines is 1. The molecule has 6 heteroatoms. The van der Waals surface area contributed by atoms with Gasteiger partial charge in [0, 0.05) is 17.3 Å². The van der Waals surface area contributed by atoms with Crippen LogP contribution in [0.25, 0.3) is 0 Å². The maximum absolute atomic E-state index is 12.2. The van der Waals surface area contributed by atoms with Crippen LogP contribution in [0.1, 0.15) is 30.1 Å². The first-order chi connectivity index (χ1) is 8.50. The Kier molecular flexibility index (Phi) is 3.87. The van der Waals surface area contributed by atoms with Gasteiger partial charge in [0.25, 0.3) is 5.91 Å². The molecule has 1 atom stereocenters. The maximum Gasteiger partial charge on any atom is 0.255 e. The third-order valence-electron chi connectivity index (χ3n) is 2.98. The molecule has 1 aromatic rings. The Morgan fingerprint density at radius 2 is 2.44 bits per heavy atom. The molecule has 1 saturated heterocycles. The summed E-state index contributed by atoms with van der Waals surface area (Å²) in [6.45, 7) is 3.26. The smallest absolute Gasteiger partial charge is 0.255 e. The number of carbonyl (C=O) groups is 1. The second kappa shape index (κ2) is 5.24. The summed E-state index contributed by atoms with van der Waals surface area (Å²) in [6, 6.07) is 1.67. The van der Waals surface area contributed by atoms with E-state index >= 15 is 0 Å². The molecule has 1 aliphatic heterocycles. The van der Waals surface area contributed by atoms with Gasteiger partial charge in [-0.2, -0.15) is 0 Å². The van der Waals surface area contributed by atoms with Gasteiger partial charge in [-0.1, -0.05) is 0 Å². The van der Waals surface area contributed by atoms with Crippen LogP contribution in [0.3, 0.4) is 0 Å². The zero-order chi connectivity index (χ0) is 13.2. The highest BCUT2D eigenvalue weighted by Crippen LogP contribution is 2.21. The van der Waals surface area contributed by atoms with Gasteiger partial charge in [0.05, 0.1) is 17.7 Å². The van der Waals surface area contributed by atoms with Crippen molar-refractivity contribution in [3.05, 3.63) is 22.3 Å². The first-order valence-corrected chi connectivity index (χ1v) is 6.61. The van der Waals surface area contributed by atoms with Crippen molar-refractivity contribution in [2.75, 3.05) is 18.9 Å². The van der Waals surface area contributed by atoms with Gasteiger partial charge in [-0.3, -0.25) is 4.79 Å². The number of nitrogen functional groups attached to an aromatic ring is 1. The Hall–Kier alpha value is -1.14. The fourth-order valence-corrected chi connectivity index (χ4v) is 2.34. The van der Waals surface area contributed by atoms with Gasteiger partial charge in [-0.15, -0.1) is 0 Å². The van der Waals surface area contributed by atoms with Crippen molar-refractivity contribution in [2.45, 2.75) is 25.3 Å². The molecular formula is C12H16BrN3O2. The number of nitrogens with zero attached hydrogens (tertiary/aromatic N) is 1. The predicted octanol–water partition coefficient (Wildman–Crippen LogP) is 1.73. The van der Waals surface area contributed by atoms with E-state index in [1.165, 1.54) is 0 Å². The van der Waals surface area contributed by atoms with Crippen molar-refractivity contribution in [1.82, 2.24) is 10.3 Å². The molecular weight excluding hydrogens is 298 g/mol. The van der Waals surface area contributed by atoms with E-state index in [9.17, 15) is 4.79 Å². The van der Waals surface area contributed by atoms with Crippen molar-refractivity contribution in [3.8, 4) is 0 Å². The van der Waals surface area contributed by atoms with Gasteiger partial charge >= 0.3 is 0 Å². The van der Waals surface area contributed by atoms with Gasteiger partial charge < -0.3 is 15.8 Å². The molecule has 1 aliphatic rings. The van der Waals surface area contributed by atoms with Gasteiger partial charge in [-0.25, -0.2) is 4.98 Å².